The molecular weight excluding hydrogens is 386 g/mol. The van der Waals surface area contributed by atoms with Gasteiger partial charge in [0.25, 0.3) is 5.91 Å². The van der Waals surface area contributed by atoms with Crippen molar-refractivity contribution in [3.8, 4) is 5.75 Å². The molecule has 9 nitrogen and oxygen atoms in total. The minimum atomic E-state index is -0.397. The molecule has 1 fully saturated rings. The average Bonchev–Trinajstić information content (AvgIpc) is 2.75. The van der Waals surface area contributed by atoms with Crippen molar-refractivity contribution in [2.75, 3.05) is 42.3 Å². The van der Waals surface area contributed by atoms with E-state index in [-0.39, 0.29) is 23.3 Å². The van der Waals surface area contributed by atoms with E-state index in [0.29, 0.717) is 37.9 Å². The zero-order valence-electron chi connectivity index (χ0n) is 17.3. The smallest absolute Gasteiger partial charge is 0.310 e. The van der Waals surface area contributed by atoms with E-state index in [1.165, 1.54) is 6.20 Å². The molecule has 1 amide bonds. The lowest BCUT2D eigenvalue weighted by molar-refractivity contribution is -0.148. The highest BCUT2D eigenvalue weighted by Crippen LogP contribution is 2.23. The van der Waals surface area contributed by atoms with Crippen LogP contribution >= 0.6 is 0 Å². The van der Waals surface area contributed by atoms with Gasteiger partial charge in [-0.05, 0) is 51.0 Å². The zero-order valence-corrected chi connectivity index (χ0v) is 17.3. The first-order valence-corrected chi connectivity index (χ1v) is 10.1. The van der Waals surface area contributed by atoms with Crippen LogP contribution in [0.4, 0.5) is 17.5 Å². The first kappa shape index (κ1) is 21.4. The molecule has 3 rings (SSSR count). The summed E-state index contributed by atoms with van der Waals surface area (Å²) in [5, 5.41) is 2.77. The molecule has 1 aromatic carbocycles. The van der Waals surface area contributed by atoms with Crippen molar-refractivity contribution < 1.29 is 19.1 Å². The number of piperidine rings is 1. The van der Waals surface area contributed by atoms with Crippen LogP contribution in [0.1, 0.15) is 37.0 Å². The number of esters is 1. The monoisotopic (exact) mass is 413 g/mol. The number of rotatable bonds is 7. The molecule has 1 saturated heterocycles. The molecule has 3 N–H and O–H groups in total. The van der Waals surface area contributed by atoms with Crippen LogP contribution < -0.4 is 20.7 Å². The summed E-state index contributed by atoms with van der Waals surface area (Å²) < 4.78 is 10.5. The number of anilines is 3. The Hall–Kier alpha value is -3.36. The number of amides is 1. The van der Waals surface area contributed by atoms with E-state index in [9.17, 15) is 9.59 Å². The number of aromatic nitrogens is 2. The minimum Gasteiger partial charge on any atom is -0.494 e. The Morgan fingerprint density at radius 3 is 2.67 bits per heavy atom. The Morgan fingerprint density at radius 2 is 2.00 bits per heavy atom. The average molecular weight is 413 g/mol. The fraction of sp³-hybridized carbons (Fsp3) is 0.429. The largest absolute Gasteiger partial charge is 0.494 e. The van der Waals surface area contributed by atoms with Gasteiger partial charge in [0.2, 0.25) is 5.95 Å². The number of nitrogens with two attached hydrogens (primary N) is 1. The van der Waals surface area contributed by atoms with E-state index in [1.807, 2.05) is 11.8 Å². The Labute approximate surface area is 175 Å². The number of nitrogens with one attached hydrogen (secondary N) is 1. The highest BCUT2D eigenvalue weighted by Gasteiger charge is 2.28. The topological polar surface area (TPSA) is 120 Å². The zero-order chi connectivity index (χ0) is 21.5. The maximum absolute atomic E-state index is 12.6. The third kappa shape index (κ3) is 5.16. The van der Waals surface area contributed by atoms with Crippen LogP contribution in [0.15, 0.2) is 30.5 Å². The van der Waals surface area contributed by atoms with Crippen molar-refractivity contribution in [1.82, 2.24) is 9.97 Å². The predicted molar refractivity (Wildman–Crippen MR) is 114 cm³/mol. The Balaban J connectivity index is 1.67. The Bertz CT molecular complexity index is 887. The van der Waals surface area contributed by atoms with Gasteiger partial charge in [-0.1, -0.05) is 0 Å². The Morgan fingerprint density at radius 1 is 1.23 bits per heavy atom. The minimum absolute atomic E-state index is 0.0849. The first-order valence-electron chi connectivity index (χ1n) is 10.1. The summed E-state index contributed by atoms with van der Waals surface area (Å²) in [6.07, 6.45) is 3.01. The number of carbonyl (C=O) groups is 2. The van der Waals surface area contributed by atoms with Gasteiger partial charge in [-0.3, -0.25) is 9.59 Å². The summed E-state index contributed by atoms with van der Waals surface area (Å²) in [6.45, 7) is 5.81. The number of benzene rings is 1. The first-order chi connectivity index (χ1) is 14.5. The molecular formula is C21H27N5O4. The van der Waals surface area contributed by atoms with Gasteiger partial charge in [0.15, 0.2) is 0 Å². The van der Waals surface area contributed by atoms with Crippen molar-refractivity contribution in [2.24, 2.45) is 5.92 Å². The van der Waals surface area contributed by atoms with Crippen LogP contribution in [0.3, 0.4) is 0 Å². The van der Waals surface area contributed by atoms with Gasteiger partial charge in [0, 0.05) is 25.0 Å². The molecule has 0 spiro atoms. The fourth-order valence-corrected chi connectivity index (χ4v) is 3.32. The van der Waals surface area contributed by atoms with Crippen LogP contribution in [0.2, 0.25) is 0 Å². The summed E-state index contributed by atoms with van der Waals surface area (Å²) in [7, 11) is 0. The highest BCUT2D eigenvalue weighted by molar-refractivity contribution is 6.07. The Kier molecular flexibility index (Phi) is 7.05. The van der Waals surface area contributed by atoms with Crippen LogP contribution in [0, 0.1) is 5.92 Å². The van der Waals surface area contributed by atoms with Crippen LogP contribution in [0.25, 0.3) is 0 Å². The van der Waals surface area contributed by atoms with Gasteiger partial charge in [-0.2, -0.15) is 4.98 Å². The molecule has 0 saturated carbocycles. The fourth-order valence-electron chi connectivity index (χ4n) is 3.32. The standard InChI is InChI=1S/C21H27N5O4/c1-3-29-16-9-7-15(8-10-16)24-19(27)17-12-23-21(25-18(17)22)26-11-5-6-14(13-26)20(28)30-4-2/h7-10,12,14H,3-6,11,13H2,1-2H3,(H,24,27)(H2,22,23,25). The number of nitrogens with zero attached hydrogens (tertiary/aromatic N) is 3. The summed E-state index contributed by atoms with van der Waals surface area (Å²) in [4.78, 5) is 35.1. The third-order valence-corrected chi connectivity index (χ3v) is 4.80. The second kappa shape index (κ2) is 9.91. The molecule has 2 aromatic rings. The van der Waals surface area contributed by atoms with E-state index in [1.54, 1.807) is 31.2 Å². The van der Waals surface area contributed by atoms with Gasteiger partial charge in [0.1, 0.15) is 17.1 Å². The summed E-state index contributed by atoms with van der Waals surface area (Å²) >= 11 is 0. The molecule has 1 unspecified atom stereocenters. The SMILES string of the molecule is CCOC(=O)C1CCCN(c2ncc(C(=O)Nc3ccc(OCC)cc3)c(N)n2)C1. The van der Waals surface area contributed by atoms with Crippen LogP contribution in [-0.4, -0.2) is 48.1 Å². The molecule has 1 aliphatic heterocycles. The van der Waals surface area contributed by atoms with E-state index >= 15 is 0 Å². The lowest BCUT2D eigenvalue weighted by atomic mass is 9.98. The normalized spacial score (nSPS) is 16.1. The molecule has 0 radical (unpaired) electrons. The number of carbonyl (C=O) groups excluding carboxylic acids is 2. The second-order valence-corrected chi connectivity index (χ2v) is 6.92. The molecule has 2 heterocycles. The quantitative estimate of drug-likeness (QED) is 0.665. The van der Waals surface area contributed by atoms with Crippen molar-refractivity contribution in [2.45, 2.75) is 26.7 Å². The molecule has 1 aromatic heterocycles. The van der Waals surface area contributed by atoms with Crippen LogP contribution in [0.5, 0.6) is 5.75 Å². The van der Waals surface area contributed by atoms with Crippen LogP contribution in [-0.2, 0) is 9.53 Å². The predicted octanol–water partition coefficient (Wildman–Crippen LogP) is 2.49. The summed E-state index contributed by atoms with van der Waals surface area (Å²) in [5.41, 5.74) is 6.84. The maximum atomic E-state index is 12.6. The number of nitrogen functional groups attached to an aromatic ring is 1. The van der Waals surface area contributed by atoms with E-state index in [2.05, 4.69) is 15.3 Å². The molecule has 1 atom stereocenters. The van der Waals surface area contributed by atoms with Crippen molar-refractivity contribution in [3.63, 3.8) is 0 Å². The van der Waals surface area contributed by atoms with E-state index < -0.39 is 5.91 Å². The lowest BCUT2D eigenvalue weighted by Gasteiger charge is -2.31. The number of ether oxygens (including phenoxy) is 2. The third-order valence-electron chi connectivity index (χ3n) is 4.80. The highest BCUT2D eigenvalue weighted by atomic mass is 16.5. The maximum Gasteiger partial charge on any atom is 0.310 e. The molecule has 1 aliphatic rings. The molecule has 30 heavy (non-hydrogen) atoms. The second-order valence-electron chi connectivity index (χ2n) is 6.92. The lowest BCUT2D eigenvalue weighted by Crippen LogP contribution is -2.40. The van der Waals surface area contributed by atoms with Gasteiger partial charge in [0.05, 0.1) is 19.1 Å². The van der Waals surface area contributed by atoms with E-state index in [0.717, 1.165) is 18.6 Å². The molecule has 0 aliphatic carbocycles. The molecule has 160 valence electrons. The van der Waals surface area contributed by atoms with Crippen molar-refractivity contribution in [1.29, 1.82) is 0 Å². The van der Waals surface area contributed by atoms with Gasteiger partial charge in [-0.25, -0.2) is 4.98 Å². The van der Waals surface area contributed by atoms with Gasteiger partial charge in [-0.15, -0.1) is 0 Å². The van der Waals surface area contributed by atoms with Gasteiger partial charge >= 0.3 is 5.97 Å². The number of hydrogen-bond acceptors (Lipinski definition) is 8. The van der Waals surface area contributed by atoms with Crippen molar-refractivity contribution >= 4 is 29.3 Å². The summed E-state index contributed by atoms with van der Waals surface area (Å²) in [5.74, 6) is 0.394. The van der Waals surface area contributed by atoms with Crippen molar-refractivity contribution in [3.05, 3.63) is 36.0 Å². The summed E-state index contributed by atoms with van der Waals surface area (Å²) in [6, 6.07) is 7.05. The number of hydrogen-bond donors (Lipinski definition) is 2. The molecule has 9 heteroatoms. The van der Waals surface area contributed by atoms with E-state index in [4.69, 9.17) is 15.2 Å². The molecule has 0 bridgehead atoms. The van der Waals surface area contributed by atoms with Gasteiger partial charge < -0.3 is 25.4 Å².